The van der Waals surface area contributed by atoms with Crippen LogP contribution in [-0.2, 0) is 0 Å². The Morgan fingerprint density at radius 2 is 1.60 bits per heavy atom. The Bertz CT molecular complexity index is 437. The van der Waals surface area contributed by atoms with Crippen LogP contribution in [0.2, 0.25) is 0 Å². The zero-order chi connectivity index (χ0) is 15.3. The summed E-state index contributed by atoms with van der Waals surface area (Å²) in [7, 11) is 2.63. The van der Waals surface area contributed by atoms with Crippen molar-refractivity contribution in [2.75, 3.05) is 43.6 Å². The first-order valence-electron chi connectivity index (χ1n) is 6.13. The van der Waals surface area contributed by atoms with Crippen LogP contribution in [0.15, 0.2) is 0 Å². The van der Waals surface area contributed by atoms with E-state index in [1.165, 1.54) is 14.2 Å². The van der Waals surface area contributed by atoms with E-state index < -0.39 is 12.7 Å². The summed E-state index contributed by atoms with van der Waals surface area (Å²) in [5.41, 5.74) is 0. The van der Waals surface area contributed by atoms with Crippen molar-refractivity contribution in [1.82, 2.24) is 15.0 Å². The molecule has 0 saturated carbocycles. The van der Waals surface area contributed by atoms with E-state index in [4.69, 9.17) is 4.74 Å². The zero-order valence-electron chi connectivity index (χ0n) is 11.9. The van der Waals surface area contributed by atoms with Crippen LogP contribution in [0.5, 0.6) is 6.01 Å². The molecular formula is C11H18F3N5O. The Morgan fingerprint density at radius 3 is 2.05 bits per heavy atom. The third-order valence-electron chi connectivity index (χ3n) is 2.58. The number of hydrogen-bond donors (Lipinski definition) is 0. The van der Waals surface area contributed by atoms with E-state index in [1.54, 1.807) is 4.90 Å². The Balaban J connectivity index is 3.10. The van der Waals surface area contributed by atoms with E-state index >= 15 is 0 Å². The quantitative estimate of drug-likeness (QED) is 0.796. The predicted molar refractivity (Wildman–Crippen MR) is 69.3 cm³/mol. The van der Waals surface area contributed by atoms with Crippen molar-refractivity contribution in [2.24, 2.45) is 0 Å². The minimum absolute atomic E-state index is 0.00840. The first-order valence-corrected chi connectivity index (χ1v) is 6.13. The molecule has 0 aromatic carbocycles. The summed E-state index contributed by atoms with van der Waals surface area (Å²) in [5.74, 6) is 0.224. The number of aromatic nitrogens is 3. The second-order valence-corrected chi connectivity index (χ2v) is 4.07. The fourth-order valence-corrected chi connectivity index (χ4v) is 1.59. The predicted octanol–water partition coefficient (Wildman–Crippen LogP) is 1.72. The highest BCUT2D eigenvalue weighted by Gasteiger charge is 2.30. The van der Waals surface area contributed by atoms with Gasteiger partial charge in [0, 0.05) is 20.1 Å². The molecule has 6 nitrogen and oxygen atoms in total. The van der Waals surface area contributed by atoms with Gasteiger partial charge >= 0.3 is 12.2 Å². The highest BCUT2D eigenvalue weighted by Crippen LogP contribution is 2.21. The van der Waals surface area contributed by atoms with Gasteiger partial charge in [0.05, 0.1) is 7.11 Å². The van der Waals surface area contributed by atoms with Crippen molar-refractivity contribution in [2.45, 2.75) is 20.0 Å². The second kappa shape index (κ2) is 6.58. The minimum atomic E-state index is -4.33. The molecule has 0 aliphatic carbocycles. The number of halogens is 3. The van der Waals surface area contributed by atoms with Gasteiger partial charge < -0.3 is 14.5 Å². The van der Waals surface area contributed by atoms with E-state index in [9.17, 15) is 13.2 Å². The molecule has 0 radical (unpaired) electrons. The topological polar surface area (TPSA) is 54.4 Å². The van der Waals surface area contributed by atoms with Crippen LogP contribution in [0.3, 0.4) is 0 Å². The maximum atomic E-state index is 12.4. The number of hydrogen-bond acceptors (Lipinski definition) is 6. The van der Waals surface area contributed by atoms with Gasteiger partial charge in [-0.2, -0.15) is 28.1 Å². The lowest BCUT2D eigenvalue weighted by Gasteiger charge is -2.22. The molecule has 0 aliphatic rings. The van der Waals surface area contributed by atoms with Crippen molar-refractivity contribution >= 4 is 11.9 Å². The Morgan fingerprint density at radius 1 is 1.05 bits per heavy atom. The number of ether oxygens (including phenoxy) is 1. The van der Waals surface area contributed by atoms with Gasteiger partial charge in [-0.3, -0.25) is 0 Å². The van der Waals surface area contributed by atoms with Gasteiger partial charge in [0.25, 0.3) is 0 Å². The van der Waals surface area contributed by atoms with Crippen LogP contribution in [0, 0.1) is 0 Å². The van der Waals surface area contributed by atoms with Crippen molar-refractivity contribution in [3.8, 4) is 6.01 Å². The molecule has 1 aromatic heterocycles. The van der Waals surface area contributed by atoms with Gasteiger partial charge in [0.2, 0.25) is 11.9 Å². The van der Waals surface area contributed by atoms with Crippen LogP contribution >= 0.6 is 0 Å². The average molecular weight is 293 g/mol. The Kier molecular flexibility index (Phi) is 5.34. The van der Waals surface area contributed by atoms with Crippen molar-refractivity contribution < 1.29 is 17.9 Å². The average Bonchev–Trinajstić information content (AvgIpc) is 2.37. The maximum Gasteiger partial charge on any atom is 0.406 e. The van der Waals surface area contributed by atoms with Crippen LogP contribution in [0.25, 0.3) is 0 Å². The molecule has 0 atom stereocenters. The molecule has 0 unspecified atom stereocenters. The summed E-state index contributed by atoms with van der Waals surface area (Å²) in [5, 5.41) is 0. The summed E-state index contributed by atoms with van der Waals surface area (Å²) in [6, 6.07) is -0.00840. The van der Waals surface area contributed by atoms with E-state index in [1.807, 2.05) is 13.8 Å². The Hall–Kier alpha value is -1.80. The highest BCUT2D eigenvalue weighted by molar-refractivity contribution is 5.39. The van der Waals surface area contributed by atoms with E-state index in [-0.39, 0.29) is 12.0 Å². The summed E-state index contributed by atoms with van der Waals surface area (Å²) in [4.78, 5) is 14.7. The molecule has 0 bridgehead atoms. The van der Waals surface area contributed by atoms with Crippen LogP contribution in [0.1, 0.15) is 13.8 Å². The molecule has 9 heteroatoms. The summed E-state index contributed by atoms with van der Waals surface area (Å²) in [6.45, 7) is 3.92. The number of methoxy groups -OCH3 is 1. The van der Waals surface area contributed by atoms with E-state index in [2.05, 4.69) is 15.0 Å². The molecule has 114 valence electrons. The molecule has 0 saturated heterocycles. The largest absolute Gasteiger partial charge is 0.467 e. The van der Waals surface area contributed by atoms with Crippen LogP contribution in [0.4, 0.5) is 25.1 Å². The lowest BCUT2D eigenvalue weighted by molar-refractivity contribution is -0.119. The van der Waals surface area contributed by atoms with Gasteiger partial charge in [-0.25, -0.2) is 0 Å². The molecule has 1 rings (SSSR count). The lowest BCUT2D eigenvalue weighted by atomic mass is 10.5. The monoisotopic (exact) mass is 293 g/mol. The van der Waals surface area contributed by atoms with Gasteiger partial charge in [0.15, 0.2) is 0 Å². The molecule has 1 aromatic rings. The van der Waals surface area contributed by atoms with Crippen molar-refractivity contribution in [3.05, 3.63) is 0 Å². The number of nitrogens with zero attached hydrogens (tertiary/aromatic N) is 5. The van der Waals surface area contributed by atoms with Crippen LogP contribution in [-0.4, -0.2) is 54.9 Å². The molecule has 20 heavy (non-hydrogen) atoms. The van der Waals surface area contributed by atoms with E-state index in [0.29, 0.717) is 19.0 Å². The van der Waals surface area contributed by atoms with Gasteiger partial charge in [0.1, 0.15) is 6.54 Å². The number of rotatable bonds is 6. The normalized spacial score (nSPS) is 11.3. The third-order valence-corrected chi connectivity index (χ3v) is 2.58. The zero-order valence-corrected chi connectivity index (χ0v) is 11.9. The first-order chi connectivity index (χ1) is 9.30. The summed E-state index contributed by atoms with van der Waals surface area (Å²) in [6.07, 6.45) is -4.33. The van der Waals surface area contributed by atoms with Crippen molar-refractivity contribution in [1.29, 1.82) is 0 Å². The van der Waals surface area contributed by atoms with E-state index in [0.717, 1.165) is 4.90 Å². The van der Waals surface area contributed by atoms with Crippen LogP contribution < -0.4 is 14.5 Å². The number of alkyl halides is 3. The molecule has 0 spiro atoms. The van der Waals surface area contributed by atoms with Gasteiger partial charge in [-0.05, 0) is 13.8 Å². The minimum Gasteiger partial charge on any atom is -0.467 e. The molecule has 1 heterocycles. The smallest absolute Gasteiger partial charge is 0.406 e. The standard InChI is InChI=1S/C11H18F3N5O/c1-5-19(6-2)9-15-8(16-10(17-9)20-4)18(3)7-11(12,13)14/h5-7H2,1-4H3. The molecule has 0 amide bonds. The second-order valence-electron chi connectivity index (χ2n) is 4.07. The molecular weight excluding hydrogens is 275 g/mol. The maximum absolute atomic E-state index is 12.4. The number of anilines is 2. The first kappa shape index (κ1) is 16.3. The summed E-state index contributed by atoms with van der Waals surface area (Å²) >= 11 is 0. The fourth-order valence-electron chi connectivity index (χ4n) is 1.59. The fraction of sp³-hybridized carbons (Fsp3) is 0.727. The van der Waals surface area contributed by atoms with Crippen molar-refractivity contribution in [3.63, 3.8) is 0 Å². The SMILES string of the molecule is CCN(CC)c1nc(OC)nc(N(C)CC(F)(F)F)n1. The molecule has 0 aliphatic heterocycles. The highest BCUT2D eigenvalue weighted by atomic mass is 19.4. The van der Waals surface area contributed by atoms with Gasteiger partial charge in [-0.1, -0.05) is 0 Å². The summed E-state index contributed by atoms with van der Waals surface area (Å²) < 4.78 is 42.2. The van der Waals surface area contributed by atoms with Gasteiger partial charge in [-0.15, -0.1) is 0 Å². The Labute approximate surface area is 115 Å². The lowest BCUT2D eigenvalue weighted by Crippen LogP contribution is -2.33. The molecule has 0 fully saturated rings. The molecule has 0 N–H and O–H groups in total. The third kappa shape index (κ3) is 4.39.